The highest BCUT2D eigenvalue weighted by Crippen LogP contribution is 2.35. The first-order valence-electron chi connectivity index (χ1n) is 7.28. The summed E-state index contributed by atoms with van der Waals surface area (Å²) in [4.78, 5) is 0. The third-order valence-corrected chi connectivity index (χ3v) is 4.21. The minimum atomic E-state index is 0.217. The Hall–Kier alpha value is -2.00. The van der Waals surface area contributed by atoms with Crippen molar-refractivity contribution in [3.63, 3.8) is 0 Å². The second-order valence-corrected chi connectivity index (χ2v) is 5.39. The van der Waals surface area contributed by atoms with Crippen LogP contribution >= 0.6 is 0 Å². The Morgan fingerprint density at radius 3 is 2.62 bits per heavy atom. The van der Waals surface area contributed by atoms with E-state index < -0.39 is 0 Å². The van der Waals surface area contributed by atoms with Gasteiger partial charge in [0, 0.05) is 12.1 Å². The zero-order valence-electron chi connectivity index (χ0n) is 12.8. The van der Waals surface area contributed by atoms with E-state index in [1.807, 2.05) is 12.1 Å². The number of nitrogens with one attached hydrogen (secondary N) is 1. The number of benzene rings is 2. The molecule has 1 aliphatic rings. The summed E-state index contributed by atoms with van der Waals surface area (Å²) >= 11 is 0. The molecule has 1 atom stereocenters. The maximum atomic E-state index is 5.52. The summed E-state index contributed by atoms with van der Waals surface area (Å²) in [5, 5.41) is 3.62. The van der Waals surface area contributed by atoms with E-state index in [0.717, 1.165) is 24.5 Å². The average molecular weight is 283 g/mol. The zero-order chi connectivity index (χ0) is 14.8. The quantitative estimate of drug-likeness (QED) is 0.938. The van der Waals surface area contributed by atoms with Gasteiger partial charge in [0.15, 0.2) is 0 Å². The summed E-state index contributed by atoms with van der Waals surface area (Å²) in [6.45, 7) is 3.09. The molecule has 3 nitrogen and oxygen atoms in total. The third-order valence-electron chi connectivity index (χ3n) is 4.21. The molecular formula is C18H21NO2. The molecule has 0 bridgehead atoms. The number of rotatable bonds is 3. The fourth-order valence-corrected chi connectivity index (χ4v) is 3.14. The molecule has 0 amide bonds. The molecular weight excluding hydrogens is 262 g/mol. The summed E-state index contributed by atoms with van der Waals surface area (Å²) in [5.41, 5.74) is 5.17. The molecule has 110 valence electrons. The summed E-state index contributed by atoms with van der Waals surface area (Å²) in [6.07, 6.45) is 1.01. The summed E-state index contributed by atoms with van der Waals surface area (Å²) in [7, 11) is 3.44. The second-order valence-electron chi connectivity index (χ2n) is 5.39. The van der Waals surface area contributed by atoms with Crippen LogP contribution in [-0.4, -0.2) is 20.8 Å². The van der Waals surface area contributed by atoms with Crippen LogP contribution in [0, 0.1) is 6.92 Å². The van der Waals surface area contributed by atoms with E-state index in [2.05, 4.69) is 36.5 Å². The number of methoxy groups -OCH3 is 2. The lowest BCUT2D eigenvalue weighted by Crippen LogP contribution is -2.31. The van der Waals surface area contributed by atoms with Gasteiger partial charge in [-0.25, -0.2) is 0 Å². The van der Waals surface area contributed by atoms with E-state index in [1.54, 1.807) is 14.2 Å². The largest absolute Gasteiger partial charge is 0.497 e. The van der Waals surface area contributed by atoms with Crippen LogP contribution in [0.25, 0.3) is 0 Å². The zero-order valence-corrected chi connectivity index (χ0v) is 12.8. The molecule has 0 fully saturated rings. The maximum absolute atomic E-state index is 5.52. The van der Waals surface area contributed by atoms with Crippen molar-refractivity contribution in [1.29, 1.82) is 0 Å². The van der Waals surface area contributed by atoms with Crippen molar-refractivity contribution in [3.05, 3.63) is 58.7 Å². The number of aryl methyl sites for hydroxylation is 1. The van der Waals surface area contributed by atoms with Gasteiger partial charge < -0.3 is 14.8 Å². The topological polar surface area (TPSA) is 30.5 Å². The van der Waals surface area contributed by atoms with Crippen molar-refractivity contribution in [3.8, 4) is 11.5 Å². The van der Waals surface area contributed by atoms with Gasteiger partial charge in [-0.1, -0.05) is 18.2 Å². The van der Waals surface area contributed by atoms with Crippen molar-refractivity contribution in [2.24, 2.45) is 0 Å². The monoisotopic (exact) mass is 283 g/mol. The smallest absolute Gasteiger partial charge is 0.122 e. The fraction of sp³-hybridized carbons (Fsp3) is 0.333. The molecule has 3 rings (SSSR count). The van der Waals surface area contributed by atoms with E-state index in [1.165, 1.54) is 22.3 Å². The summed E-state index contributed by atoms with van der Waals surface area (Å²) < 4.78 is 10.8. The van der Waals surface area contributed by atoms with Crippen LogP contribution in [0.4, 0.5) is 0 Å². The van der Waals surface area contributed by atoms with Crippen molar-refractivity contribution in [1.82, 2.24) is 5.32 Å². The van der Waals surface area contributed by atoms with Crippen molar-refractivity contribution >= 4 is 0 Å². The van der Waals surface area contributed by atoms with E-state index in [0.29, 0.717) is 0 Å². The minimum absolute atomic E-state index is 0.217. The number of ether oxygens (including phenoxy) is 2. The summed E-state index contributed by atoms with van der Waals surface area (Å²) in [6, 6.07) is 12.8. The lowest BCUT2D eigenvalue weighted by atomic mass is 9.87. The Morgan fingerprint density at radius 1 is 1.05 bits per heavy atom. The SMILES string of the molecule is COc1ccc(C2NCCc3c(OC)cccc32)c(C)c1. The molecule has 2 aromatic rings. The molecule has 0 radical (unpaired) electrons. The number of hydrogen-bond donors (Lipinski definition) is 1. The normalized spacial score (nSPS) is 17.2. The molecule has 0 saturated heterocycles. The van der Waals surface area contributed by atoms with E-state index in [-0.39, 0.29) is 6.04 Å². The van der Waals surface area contributed by atoms with Crippen LogP contribution in [0.15, 0.2) is 36.4 Å². The van der Waals surface area contributed by atoms with E-state index in [9.17, 15) is 0 Å². The standard InChI is InChI=1S/C18H21NO2/c1-12-11-13(20-2)7-8-14(12)18-16-5-4-6-17(21-3)15(16)9-10-19-18/h4-8,11,18-19H,9-10H2,1-3H3. The highest BCUT2D eigenvalue weighted by Gasteiger charge is 2.24. The molecule has 0 aromatic heterocycles. The highest BCUT2D eigenvalue weighted by atomic mass is 16.5. The van der Waals surface area contributed by atoms with Crippen LogP contribution in [-0.2, 0) is 6.42 Å². The van der Waals surface area contributed by atoms with Crippen molar-refractivity contribution in [2.75, 3.05) is 20.8 Å². The van der Waals surface area contributed by atoms with Gasteiger partial charge >= 0.3 is 0 Å². The van der Waals surface area contributed by atoms with Gasteiger partial charge in [-0.2, -0.15) is 0 Å². The molecule has 0 aliphatic carbocycles. The lowest BCUT2D eigenvalue weighted by molar-refractivity contribution is 0.403. The Labute approximate surface area is 125 Å². The minimum Gasteiger partial charge on any atom is -0.497 e. The Balaban J connectivity index is 2.06. The predicted octanol–water partition coefficient (Wildman–Crippen LogP) is 3.25. The molecule has 0 spiro atoms. The first kappa shape index (κ1) is 14.0. The van der Waals surface area contributed by atoms with Crippen molar-refractivity contribution in [2.45, 2.75) is 19.4 Å². The molecule has 21 heavy (non-hydrogen) atoms. The van der Waals surface area contributed by atoms with Gasteiger partial charge in [0.1, 0.15) is 11.5 Å². The van der Waals surface area contributed by atoms with Gasteiger partial charge in [-0.3, -0.25) is 0 Å². The first-order chi connectivity index (χ1) is 10.2. The Kier molecular flexibility index (Phi) is 3.84. The van der Waals surface area contributed by atoms with Crippen LogP contribution in [0.3, 0.4) is 0 Å². The highest BCUT2D eigenvalue weighted by molar-refractivity contribution is 5.49. The van der Waals surface area contributed by atoms with Gasteiger partial charge in [0.25, 0.3) is 0 Å². The van der Waals surface area contributed by atoms with Crippen LogP contribution in [0.5, 0.6) is 11.5 Å². The second kappa shape index (κ2) is 5.78. The third kappa shape index (κ3) is 2.49. The fourth-order valence-electron chi connectivity index (χ4n) is 3.14. The molecule has 1 aliphatic heterocycles. The molecule has 2 aromatic carbocycles. The van der Waals surface area contributed by atoms with Crippen LogP contribution in [0.2, 0.25) is 0 Å². The molecule has 1 unspecified atom stereocenters. The van der Waals surface area contributed by atoms with Gasteiger partial charge in [-0.15, -0.1) is 0 Å². The number of hydrogen-bond acceptors (Lipinski definition) is 3. The Morgan fingerprint density at radius 2 is 1.90 bits per heavy atom. The number of fused-ring (bicyclic) bond motifs is 1. The van der Waals surface area contributed by atoms with E-state index >= 15 is 0 Å². The van der Waals surface area contributed by atoms with Gasteiger partial charge in [0.05, 0.1) is 20.3 Å². The predicted molar refractivity (Wildman–Crippen MR) is 84.3 cm³/mol. The van der Waals surface area contributed by atoms with Crippen LogP contribution in [0.1, 0.15) is 28.3 Å². The average Bonchev–Trinajstić information content (AvgIpc) is 2.53. The molecule has 0 saturated carbocycles. The molecule has 3 heteroatoms. The Bertz CT molecular complexity index is 652. The summed E-state index contributed by atoms with van der Waals surface area (Å²) in [5.74, 6) is 1.89. The molecule has 1 heterocycles. The van der Waals surface area contributed by atoms with Gasteiger partial charge in [-0.05, 0) is 48.2 Å². The van der Waals surface area contributed by atoms with Crippen LogP contribution < -0.4 is 14.8 Å². The first-order valence-corrected chi connectivity index (χ1v) is 7.28. The van der Waals surface area contributed by atoms with E-state index in [4.69, 9.17) is 9.47 Å². The van der Waals surface area contributed by atoms with Crippen molar-refractivity contribution < 1.29 is 9.47 Å². The lowest BCUT2D eigenvalue weighted by Gasteiger charge is -2.29. The molecule has 1 N–H and O–H groups in total. The van der Waals surface area contributed by atoms with Gasteiger partial charge in [0.2, 0.25) is 0 Å². The maximum Gasteiger partial charge on any atom is 0.122 e.